The van der Waals surface area contributed by atoms with Crippen molar-refractivity contribution in [3.8, 4) is 0 Å². The molecular weight excluding hydrogens is 353 g/mol. The van der Waals surface area contributed by atoms with Gasteiger partial charge in [0.1, 0.15) is 12.4 Å². The Morgan fingerprint density at radius 1 is 1.46 bits per heavy atom. The number of ether oxygens (including phenoxy) is 1. The van der Waals surface area contributed by atoms with Crippen molar-refractivity contribution < 1.29 is 19.0 Å². The van der Waals surface area contributed by atoms with Gasteiger partial charge in [0.05, 0.1) is 17.0 Å². The SMILES string of the molecule is CSCC(C(=O)OCc1ccc(Cl)c(F)c1)C(O)c1cccnc1. The minimum atomic E-state index is -1.01. The highest BCUT2D eigenvalue weighted by Gasteiger charge is 2.29. The molecule has 0 bridgehead atoms. The molecule has 0 aliphatic heterocycles. The van der Waals surface area contributed by atoms with Crippen LogP contribution in [0.4, 0.5) is 4.39 Å². The highest BCUT2D eigenvalue weighted by Crippen LogP contribution is 2.26. The molecule has 4 nitrogen and oxygen atoms in total. The van der Waals surface area contributed by atoms with Gasteiger partial charge in [-0.2, -0.15) is 11.8 Å². The van der Waals surface area contributed by atoms with Crippen LogP contribution in [0.15, 0.2) is 42.7 Å². The Bertz CT molecular complexity index is 687. The molecule has 1 aromatic carbocycles. The Morgan fingerprint density at radius 3 is 2.88 bits per heavy atom. The number of aliphatic hydroxyl groups excluding tert-OH is 1. The standard InChI is InChI=1S/C17H17ClFNO3S/c1-24-10-13(16(21)12-3-2-6-20-8-12)17(22)23-9-11-4-5-14(18)15(19)7-11/h2-8,13,16,21H,9-10H2,1H3. The molecule has 0 amide bonds. The molecule has 0 fully saturated rings. The first kappa shape index (κ1) is 18.7. The fraction of sp³-hybridized carbons (Fsp3) is 0.294. The molecule has 24 heavy (non-hydrogen) atoms. The van der Waals surface area contributed by atoms with Crippen molar-refractivity contribution in [3.63, 3.8) is 0 Å². The number of benzene rings is 1. The topological polar surface area (TPSA) is 59.4 Å². The van der Waals surface area contributed by atoms with Crippen LogP contribution >= 0.6 is 23.4 Å². The molecule has 2 unspecified atom stereocenters. The molecule has 0 saturated heterocycles. The number of nitrogens with zero attached hydrogens (tertiary/aromatic N) is 1. The first-order valence-corrected chi connectivity index (χ1v) is 8.97. The van der Waals surface area contributed by atoms with E-state index in [0.717, 1.165) is 0 Å². The van der Waals surface area contributed by atoms with Crippen LogP contribution in [0.1, 0.15) is 17.2 Å². The van der Waals surface area contributed by atoms with Crippen LogP contribution in [-0.4, -0.2) is 28.1 Å². The van der Waals surface area contributed by atoms with Gasteiger partial charge in [0.25, 0.3) is 0 Å². The number of hydrogen-bond acceptors (Lipinski definition) is 5. The summed E-state index contributed by atoms with van der Waals surface area (Å²) < 4.78 is 18.6. The Hall–Kier alpha value is -1.63. The molecule has 0 aliphatic rings. The van der Waals surface area contributed by atoms with E-state index in [9.17, 15) is 14.3 Å². The van der Waals surface area contributed by atoms with E-state index in [1.54, 1.807) is 24.4 Å². The molecule has 0 aliphatic carbocycles. The number of carbonyl (C=O) groups excluding carboxylic acids is 1. The first-order valence-electron chi connectivity index (χ1n) is 7.20. The molecule has 7 heteroatoms. The predicted molar refractivity (Wildman–Crippen MR) is 92.3 cm³/mol. The summed E-state index contributed by atoms with van der Waals surface area (Å²) in [5.41, 5.74) is 1.04. The van der Waals surface area contributed by atoms with Crippen LogP contribution in [0.3, 0.4) is 0 Å². The second-order valence-electron chi connectivity index (χ2n) is 5.15. The number of halogens is 2. The van der Waals surface area contributed by atoms with E-state index < -0.39 is 23.8 Å². The molecule has 1 aromatic heterocycles. The molecule has 0 radical (unpaired) electrons. The summed E-state index contributed by atoms with van der Waals surface area (Å²) in [5.74, 6) is -1.46. The van der Waals surface area contributed by atoms with Gasteiger partial charge in [-0.25, -0.2) is 4.39 Å². The summed E-state index contributed by atoms with van der Waals surface area (Å²) in [4.78, 5) is 16.3. The van der Waals surface area contributed by atoms with Gasteiger partial charge >= 0.3 is 5.97 Å². The van der Waals surface area contributed by atoms with Gasteiger partial charge in [-0.15, -0.1) is 0 Å². The van der Waals surface area contributed by atoms with E-state index in [0.29, 0.717) is 16.9 Å². The maximum Gasteiger partial charge on any atom is 0.313 e. The number of aliphatic hydroxyl groups is 1. The summed E-state index contributed by atoms with van der Waals surface area (Å²) in [7, 11) is 0. The molecule has 2 aromatic rings. The van der Waals surface area contributed by atoms with Gasteiger partial charge in [0.15, 0.2) is 0 Å². The Morgan fingerprint density at radius 2 is 2.25 bits per heavy atom. The third kappa shape index (κ3) is 4.93. The lowest BCUT2D eigenvalue weighted by Crippen LogP contribution is -2.26. The van der Waals surface area contributed by atoms with Gasteiger partial charge in [0.2, 0.25) is 0 Å². The lowest BCUT2D eigenvalue weighted by molar-refractivity contribution is -0.153. The van der Waals surface area contributed by atoms with Crippen LogP contribution in [-0.2, 0) is 16.1 Å². The fourth-order valence-electron chi connectivity index (χ4n) is 2.14. The monoisotopic (exact) mass is 369 g/mol. The number of aromatic nitrogens is 1. The molecule has 0 saturated carbocycles. The third-order valence-electron chi connectivity index (χ3n) is 3.42. The van der Waals surface area contributed by atoms with E-state index in [1.807, 2.05) is 6.26 Å². The molecule has 2 rings (SSSR count). The Labute approximate surface area is 149 Å². The summed E-state index contributed by atoms with van der Waals surface area (Å²) >= 11 is 7.05. The van der Waals surface area contributed by atoms with Gasteiger partial charge in [-0.1, -0.05) is 23.7 Å². The van der Waals surface area contributed by atoms with Gasteiger partial charge in [-0.3, -0.25) is 9.78 Å². The van der Waals surface area contributed by atoms with Crippen molar-refractivity contribution in [1.29, 1.82) is 0 Å². The number of esters is 1. The van der Waals surface area contributed by atoms with Crippen molar-refractivity contribution in [2.45, 2.75) is 12.7 Å². The number of rotatable bonds is 7. The summed E-state index contributed by atoms with van der Waals surface area (Å²) in [6, 6.07) is 7.60. The average Bonchev–Trinajstić information content (AvgIpc) is 2.60. The Kier molecular flexibility index (Phi) is 7.02. The average molecular weight is 370 g/mol. The maximum absolute atomic E-state index is 13.4. The molecule has 0 spiro atoms. The van der Waals surface area contributed by atoms with Crippen LogP contribution < -0.4 is 0 Å². The quantitative estimate of drug-likeness (QED) is 0.755. The van der Waals surface area contributed by atoms with E-state index in [-0.39, 0.29) is 11.6 Å². The zero-order valence-corrected chi connectivity index (χ0v) is 14.6. The van der Waals surface area contributed by atoms with E-state index in [4.69, 9.17) is 16.3 Å². The molecular formula is C17H17ClFNO3S. The van der Waals surface area contributed by atoms with E-state index in [2.05, 4.69) is 4.98 Å². The highest BCUT2D eigenvalue weighted by atomic mass is 35.5. The van der Waals surface area contributed by atoms with Crippen LogP contribution in [0.2, 0.25) is 5.02 Å². The second kappa shape index (κ2) is 9.01. The van der Waals surface area contributed by atoms with Crippen molar-refractivity contribution in [3.05, 3.63) is 64.7 Å². The maximum atomic E-state index is 13.4. The van der Waals surface area contributed by atoms with Crippen molar-refractivity contribution >= 4 is 29.3 Å². The third-order valence-corrected chi connectivity index (χ3v) is 4.42. The van der Waals surface area contributed by atoms with E-state index >= 15 is 0 Å². The van der Waals surface area contributed by atoms with Gasteiger partial charge in [-0.05, 0) is 35.6 Å². The van der Waals surface area contributed by atoms with Crippen molar-refractivity contribution in [1.82, 2.24) is 4.98 Å². The summed E-state index contributed by atoms with van der Waals surface area (Å²) in [6.07, 6.45) is 3.93. The summed E-state index contributed by atoms with van der Waals surface area (Å²) in [5, 5.41) is 10.4. The van der Waals surface area contributed by atoms with Crippen LogP contribution in [0, 0.1) is 11.7 Å². The molecule has 2 atom stereocenters. The number of carbonyl (C=O) groups is 1. The smallest absolute Gasteiger partial charge is 0.313 e. The lowest BCUT2D eigenvalue weighted by Gasteiger charge is -2.21. The summed E-state index contributed by atoms with van der Waals surface area (Å²) in [6.45, 7) is -0.0858. The van der Waals surface area contributed by atoms with Crippen LogP contribution in [0.5, 0.6) is 0 Å². The predicted octanol–water partition coefficient (Wildman–Crippen LogP) is 3.63. The van der Waals surface area contributed by atoms with Crippen molar-refractivity contribution in [2.24, 2.45) is 5.92 Å². The van der Waals surface area contributed by atoms with Crippen molar-refractivity contribution in [2.75, 3.05) is 12.0 Å². The second-order valence-corrected chi connectivity index (χ2v) is 6.47. The zero-order chi connectivity index (χ0) is 17.5. The van der Waals surface area contributed by atoms with Crippen LogP contribution in [0.25, 0.3) is 0 Å². The molecule has 1 N–H and O–H groups in total. The number of pyridine rings is 1. The normalized spacial score (nSPS) is 13.3. The first-order chi connectivity index (χ1) is 11.5. The highest BCUT2D eigenvalue weighted by molar-refractivity contribution is 7.98. The minimum Gasteiger partial charge on any atom is -0.460 e. The molecule has 128 valence electrons. The lowest BCUT2D eigenvalue weighted by atomic mass is 9.99. The zero-order valence-electron chi connectivity index (χ0n) is 13.0. The van der Waals surface area contributed by atoms with Gasteiger partial charge < -0.3 is 9.84 Å². The van der Waals surface area contributed by atoms with Gasteiger partial charge in [0, 0.05) is 18.1 Å². The number of hydrogen-bond donors (Lipinski definition) is 1. The van der Waals surface area contributed by atoms with E-state index in [1.165, 1.54) is 30.1 Å². The molecule has 1 heterocycles. The Balaban J connectivity index is 2.04. The number of thioether (sulfide) groups is 1. The fourth-order valence-corrected chi connectivity index (χ4v) is 2.94. The largest absolute Gasteiger partial charge is 0.460 e. The minimum absolute atomic E-state index is 0.0114.